The first-order chi connectivity index (χ1) is 13.0. The summed E-state index contributed by atoms with van der Waals surface area (Å²) in [6.45, 7) is 5.66. The second-order valence-electron chi connectivity index (χ2n) is 6.77. The maximum absolute atomic E-state index is 12.2. The maximum atomic E-state index is 12.2. The number of rotatable bonds is 10. The Morgan fingerprint density at radius 3 is 2.56 bits per heavy atom. The lowest BCUT2D eigenvalue weighted by Crippen LogP contribution is -2.25. The molecular weight excluding hydrogens is 342 g/mol. The summed E-state index contributed by atoms with van der Waals surface area (Å²) in [5, 5.41) is 6.24. The fourth-order valence-corrected chi connectivity index (χ4v) is 2.62. The van der Waals surface area contributed by atoms with E-state index in [0.717, 1.165) is 42.1 Å². The molecule has 1 heterocycles. The summed E-state index contributed by atoms with van der Waals surface area (Å²) in [6.07, 6.45) is 5.08. The normalized spacial score (nSPS) is 10.6. The number of ether oxygens (including phenoxy) is 2. The number of carbonyl (C=O) groups is 1. The molecule has 0 bridgehead atoms. The standard InChI is InChI=1S/C21H29N3O3/c1-15(2)7-9-24-21(25)17-12-18(14-22-13-17)23-10-8-16-5-6-19(26-3)20(11-16)27-4/h5-6,11-15,23H,7-10H2,1-4H3,(H,24,25). The van der Waals surface area contributed by atoms with Gasteiger partial charge in [-0.25, -0.2) is 0 Å². The molecule has 0 aliphatic carbocycles. The number of hydrogen-bond acceptors (Lipinski definition) is 5. The van der Waals surface area contributed by atoms with Gasteiger partial charge in [0.2, 0.25) is 0 Å². The van der Waals surface area contributed by atoms with Crippen molar-refractivity contribution >= 4 is 11.6 Å². The molecule has 2 aromatic rings. The van der Waals surface area contributed by atoms with E-state index in [1.54, 1.807) is 26.6 Å². The summed E-state index contributed by atoms with van der Waals surface area (Å²) in [7, 11) is 3.25. The molecule has 0 saturated carbocycles. The molecule has 0 aliphatic heterocycles. The van der Waals surface area contributed by atoms with Crippen LogP contribution in [0, 0.1) is 5.92 Å². The second-order valence-corrected chi connectivity index (χ2v) is 6.77. The molecule has 1 amide bonds. The van der Waals surface area contributed by atoms with Gasteiger partial charge in [0.25, 0.3) is 5.91 Å². The second kappa shape index (κ2) is 10.4. The number of aromatic nitrogens is 1. The molecule has 1 aromatic heterocycles. The van der Waals surface area contributed by atoms with E-state index in [9.17, 15) is 4.79 Å². The molecular formula is C21H29N3O3. The van der Waals surface area contributed by atoms with Crippen molar-refractivity contribution in [2.45, 2.75) is 26.7 Å². The smallest absolute Gasteiger partial charge is 0.252 e. The van der Waals surface area contributed by atoms with E-state index in [1.165, 1.54) is 0 Å². The average Bonchev–Trinajstić information content (AvgIpc) is 2.67. The highest BCUT2D eigenvalue weighted by molar-refractivity contribution is 5.94. The Bertz CT molecular complexity index is 747. The molecule has 2 rings (SSSR count). The number of pyridine rings is 1. The van der Waals surface area contributed by atoms with Crippen molar-refractivity contribution in [3.63, 3.8) is 0 Å². The van der Waals surface area contributed by atoms with Gasteiger partial charge in [0.05, 0.1) is 25.5 Å². The van der Waals surface area contributed by atoms with E-state index in [1.807, 2.05) is 24.3 Å². The molecule has 0 aliphatic rings. The Morgan fingerprint density at radius 1 is 1.07 bits per heavy atom. The first kappa shape index (κ1) is 20.6. The van der Waals surface area contributed by atoms with Crippen LogP contribution in [-0.2, 0) is 6.42 Å². The van der Waals surface area contributed by atoms with Gasteiger partial charge in [0.1, 0.15) is 0 Å². The van der Waals surface area contributed by atoms with Gasteiger partial charge in [0, 0.05) is 25.5 Å². The van der Waals surface area contributed by atoms with Crippen LogP contribution in [0.2, 0.25) is 0 Å². The summed E-state index contributed by atoms with van der Waals surface area (Å²) in [5.41, 5.74) is 2.53. The molecule has 27 heavy (non-hydrogen) atoms. The number of carbonyl (C=O) groups excluding carboxylic acids is 1. The van der Waals surface area contributed by atoms with Gasteiger partial charge in [-0.1, -0.05) is 19.9 Å². The van der Waals surface area contributed by atoms with E-state index in [0.29, 0.717) is 18.0 Å². The Hall–Kier alpha value is -2.76. The quantitative estimate of drug-likeness (QED) is 0.668. The zero-order chi connectivity index (χ0) is 19.6. The van der Waals surface area contributed by atoms with Crippen LogP contribution in [-0.4, -0.2) is 38.2 Å². The van der Waals surface area contributed by atoms with Crippen LogP contribution in [0.4, 0.5) is 5.69 Å². The van der Waals surface area contributed by atoms with E-state index >= 15 is 0 Å². The Balaban J connectivity index is 1.88. The van der Waals surface area contributed by atoms with E-state index in [4.69, 9.17) is 9.47 Å². The van der Waals surface area contributed by atoms with Crippen molar-refractivity contribution in [2.24, 2.45) is 5.92 Å². The summed E-state index contributed by atoms with van der Waals surface area (Å²) in [5.74, 6) is 1.91. The van der Waals surface area contributed by atoms with Gasteiger partial charge >= 0.3 is 0 Å². The first-order valence-electron chi connectivity index (χ1n) is 9.21. The lowest BCUT2D eigenvalue weighted by molar-refractivity contribution is 0.0951. The van der Waals surface area contributed by atoms with Crippen LogP contribution in [0.15, 0.2) is 36.7 Å². The number of amides is 1. The van der Waals surface area contributed by atoms with Gasteiger partial charge in [-0.2, -0.15) is 0 Å². The average molecular weight is 371 g/mol. The number of nitrogens with one attached hydrogen (secondary N) is 2. The Kier molecular flexibility index (Phi) is 7.92. The minimum atomic E-state index is -0.0910. The molecule has 0 fully saturated rings. The first-order valence-corrected chi connectivity index (χ1v) is 9.21. The SMILES string of the molecule is COc1ccc(CCNc2cncc(C(=O)NCCC(C)C)c2)cc1OC. The zero-order valence-corrected chi connectivity index (χ0v) is 16.5. The number of benzene rings is 1. The number of hydrogen-bond donors (Lipinski definition) is 2. The lowest BCUT2D eigenvalue weighted by Gasteiger charge is -2.11. The highest BCUT2D eigenvalue weighted by atomic mass is 16.5. The van der Waals surface area contributed by atoms with Crippen molar-refractivity contribution in [1.29, 1.82) is 0 Å². The highest BCUT2D eigenvalue weighted by Crippen LogP contribution is 2.27. The van der Waals surface area contributed by atoms with Crippen molar-refractivity contribution in [3.05, 3.63) is 47.8 Å². The molecule has 0 saturated heterocycles. The monoisotopic (exact) mass is 371 g/mol. The number of anilines is 1. The molecule has 2 N–H and O–H groups in total. The molecule has 0 radical (unpaired) electrons. The summed E-state index contributed by atoms with van der Waals surface area (Å²) in [6, 6.07) is 7.71. The van der Waals surface area contributed by atoms with Crippen LogP contribution in [0.3, 0.4) is 0 Å². The van der Waals surface area contributed by atoms with Gasteiger partial charge in [0.15, 0.2) is 11.5 Å². The summed E-state index contributed by atoms with van der Waals surface area (Å²) in [4.78, 5) is 16.4. The Labute approximate surface area is 161 Å². The summed E-state index contributed by atoms with van der Waals surface area (Å²) < 4.78 is 10.6. The topological polar surface area (TPSA) is 72.5 Å². The van der Waals surface area contributed by atoms with Crippen LogP contribution >= 0.6 is 0 Å². The molecule has 146 valence electrons. The maximum Gasteiger partial charge on any atom is 0.252 e. The molecule has 0 spiro atoms. The predicted octanol–water partition coefficient (Wildman–Crippen LogP) is 3.53. The fraction of sp³-hybridized carbons (Fsp3) is 0.429. The van der Waals surface area contributed by atoms with Crippen molar-refractivity contribution in [1.82, 2.24) is 10.3 Å². The molecule has 1 aromatic carbocycles. The fourth-order valence-electron chi connectivity index (χ4n) is 2.62. The van der Waals surface area contributed by atoms with E-state index in [-0.39, 0.29) is 5.91 Å². The third-order valence-corrected chi connectivity index (χ3v) is 4.20. The van der Waals surface area contributed by atoms with E-state index in [2.05, 4.69) is 29.5 Å². The number of nitrogens with zero attached hydrogens (tertiary/aromatic N) is 1. The number of methoxy groups -OCH3 is 2. The van der Waals surface area contributed by atoms with E-state index < -0.39 is 0 Å². The summed E-state index contributed by atoms with van der Waals surface area (Å²) >= 11 is 0. The van der Waals surface area contributed by atoms with Crippen LogP contribution in [0.1, 0.15) is 36.2 Å². The van der Waals surface area contributed by atoms with Crippen molar-refractivity contribution in [3.8, 4) is 11.5 Å². The van der Waals surface area contributed by atoms with Crippen molar-refractivity contribution in [2.75, 3.05) is 32.6 Å². The lowest BCUT2D eigenvalue weighted by atomic mass is 10.1. The minimum Gasteiger partial charge on any atom is -0.493 e. The third kappa shape index (κ3) is 6.47. The molecule has 6 heteroatoms. The van der Waals surface area contributed by atoms with Crippen LogP contribution in [0.5, 0.6) is 11.5 Å². The van der Waals surface area contributed by atoms with Gasteiger partial charge in [-0.15, -0.1) is 0 Å². The van der Waals surface area contributed by atoms with Crippen molar-refractivity contribution < 1.29 is 14.3 Å². The van der Waals surface area contributed by atoms with Gasteiger partial charge in [-0.05, 0) is 42.5 Å². The molecule has 6 nitrogen and oxygen atoms in total. The molecule has 0 atom stereocenters. The van der Waals surface area contributed by atoms with Gasteiger partial charge in [-0.3, -0.25) is 9.78 Å². The minimum absolute atomic E-state index is 0.0910. The Morgan fingerprint density at radius 2 is 1.85 bits per heavy atom. The largest absolute Gasteiger partial charge is 0.493 e. The van der Waals surface area contributed by atoms with Crippen LogP contribution < -0.4 is 20.1 Å². The van der Waals surface area contributed by atoms with Crippen LogP contribution in [0.25, 0.3) is 0 Å². The predicted molar refractivity (Wildman–Crippen MR) is 108 cm³/mol. The zero-order valence-electron chi connectivity index (χ0n) is 16.5. The molecule has 0 unspecified atom stereocenters. The highest BCUT2D eigenvalue weighted by Gasteiger charge is 2.08. The van der Waals surface area contributed by atoms with Gasteiger partial charge < -0.3 is 20.1 Å². The third-order valence-electron chi connectivity index (χ3n) is 4.20.